The van der Waals surface area contributed by atoms with Crippen molar-refractivity contribution in [3.8, 4) is 0 Å². The largest absolute Gasteiger partial charge is 0.481 e. The van der Waals surface area contributed by atoms with Crippen molar-refractivity contribution in [1.29, 1.82) is 0 Å². The number of carboxylic acids is 1. The van der Waals surface area contributed by atoms with E-state index >= 15 is 0 Å². The summed E-state index contributed by atoms with van der Waals surface area (Å²) in [6.45, 7) is 2.00. The topological polar surface area (TPSA) is 76.2 Å². The van der Waals surface area contributed by atoms with Crippen LogP contribution in [0.4, 0.5) is 0 Å². The molecule has 1 heterocycles. The predicted octanol–water partition coefficient (Wildman–Crippen LogP) is 1.67. The third-order valence-electron chi connectivity index (χ3n) is 2.93. The van der Waals surface area contributed by atoms with Gasteiger partial charge in [0.2, 0.25) is 0 Å². The summed E-state index contributed by atoms with van der Waals surface area (Å²) >= 11 is 0. The number of nitrogens with zero attached hydrogens (tertiary/aromatic N) is 1. The van der Waals surface area contributed by atoms with Crippen molar-refractivity contribution in [2.75, 3.05) is 6.54 Å². The molecule has 1 aromatic heterocycles. The van der Waals surface area contributed by atoms with E-state index in [4.69, 9.17) is 10.8 Å². The molecule has 0 aliphatic rings. The minimum Gasteiger partial charge on any atom is -0.481 e. The lowest BCUT2D eigenvalue weighted by Crippen LogP contribution is -2.21. The molecule has 1 unspecified atom stereocenters. The standard InChI is InChI=1S/C13H14N2O2/c1-8-11-6-10(12(7-14)13(16)17)3-2-9(11)4-5-15-8/h2-6,12H,7,14H2,1H3,(H,16,17). The Kier molecular flexibility index (Phi) is 3.06. The van der Waals surface area contributed by atoms with E-state index in [0.29, 0.717) is 0 Å². The first-order valence-corrected chi connectivity index (χ1v) is 5.41. The summed E-state index contributed by atoms with van der Waals surface area (Å²) in [6.07, 6.45) is 1.74. The lowest BCUT2D eigenvalue weighted by molar-refractivity contribution is -0.138. The van der Waals surface area contributed by atoms with Gasteiger partial charge in [-0.05, 0) is 30.0 Å². The molecule has 2 aromatic rings. The molecule has 17 heavy (non-hydrogen) atoms. The van der Waals surface area contributed by atoms with E-state index in [1.807, 2.05) is 31.2 Å². The molecule has 88 valence electrons. The van der Waals surface area contributed by atoms with Gasteiger partial charge in [0.15, 0.2) is 0 Å². The molecular formula is C13H14N2O2. The number of aliphatic carboxylic acids is 1. The first kappa shape index (κ1) is 11.5. The summed E-state index contributed by atoms with van der Waals surface area (Å²) in [5, 5.41) is 11.1. The van der Waals surface area contributed by atoms with Crippen LogP contribution in [0.1, 0.15) is 17.2 Å². The van der Waals surface area contributed by atoms with Crippen LogP contribution in [-0.2, 0) is 4.79 Å². The molecule has 0 fully saturated rings. The molecule has 1 atom stereocenters. The van der Waals surface area contributed by atoms with Gasteiger partial charge in [-0.3, -0.25) is 9.78 Å². The van der Waals surface area contributed by atoms with Crippen molar-refractivity contribution in [2.45, 2.75) is 12.8 Å². The highest BCUT2D eigenvalue weighted by Crippen LogP contribution is 2.23. The van der Waals surface area contributed by atoms with Gasteiger partial charge in [0.1, 0.15) is 0 Å². The number of nitrogens with two attached hydrogens (primary N) is 1. The van der Waals surface area contributed by atoms with Gasteiger partial charge in [0, 0.05) is 23.8 Å². The Labute approximate surface area is 99.1 Å². The molecule has 0 bridgehead atoms. The Morgan fingerprint density at radius 3 is 2.88 bits per heavy atom. The van der Waals surface area contributed by atoms with Crippen LogP contribution in [0.25, 0.3) is 10.8 Å². The second-order valence-electron chi connectivity index (χ2n) is 4.00. The van der Waals surface area contributed by atoms with Gasteiger partial charge < -0.3 is 10.8 Å². The molecule has 0 spiro atoms. The fraction of sp³-hybridized carbons (Fsp3) is 0.231. The molecule has 3 N–H and O–H groups in total. The number of fused-ring (bicyclic) bond motifs is 1. The van der Waals surface area contributed by atoms with Gasteiger partial charge in [0.05, 0.1) is 5.92 Å². The number of aromatic nitrogens is 1. The molecule has 2 rings (SSSR count). The number of hydrogen-bond donors (Lipinski definition) is 2. The van der Waals surface area contributed by atoms with Gasteiger partial charge in [-0.2, -0.15) is 0 Å². The van der Waals surface area contributed by atoms with Crippen LogP contribution < -0.4 is 5.73 Å². The minimum absolute atomic E-state index is 0.0974. The van der Waals surface area contributed by atoms with E-state index in [0.717, 1.165) is 22.0 Å². The van der Waals surface area contributed by atoms with Crippen LogP contribution in [0.2, 0.25) is 0 Å². The van der Waals surface area contributed by atoms with Gasteiger partial charge >= 0.3 is 5.97 Å². The monoisotopic (exact) mass is 230 g/mol. The van der Waals surface area contributed by atoms with E-state index in [-0.39, 0.29) is 6.54 Å². The molecule has 1 aromatic carbocycles. The highest BCUT2D eigenvalue weighted by Gasteiger charge is 2.18. The average molecular weight is 230 g/mol. The molecular weight excluding hydrogens is 216 g/mol. The van der Waals surface area contributed by atoms with Gasteiger partial charge in [-0.25, -0.2) is 0 Å². The summed E-state index contributed by atoms with van der Waals surface area (Å²) in [7, 11) is 0. The molecule has 0 amide bonds. The molecule has 0 aliphatic carbocycles. The van der Waals surface area contributed by atoms with Crippen LogP contribution >= 0.6 is 0 Å². The van der Waals surface area contributed by atoms with Crippen molar-refractivity contribution < 1.29 is 9.90 Å². The van der Waals surface area contributed by atoms with Crippen molar-refractivity contribution in [3.63, 3.8) is 0 Å². The first-order chi connectivity index (χ1) is 8.13. The molecule has 0 saturated carbocycles. The minimum atomic E-state index is -0.895. The molecule has 4 heteroatoms. The highest BCUT2D eigenvalue weighted by molar-refractivity contribution is 5.86. The van der Waals surface area contributed by atoms with E-state index in [2.05, 4.69) is 4.98 Å². The molecule has 4 nitrogen and oxygen atoms in total. The number of benzene rings is 1. The summed E-state index contributed by atoms with van der Waals surface area (Å²) in [4.78, 5) is 15.3. The molecule has 0 aliphatic heterocycles. The highest BCUT2D eigenvalue weighted by atomic mass is 16.4. The number of carboxylic acid groups (broad SMARTS) is 1. The van der Waals surface area contributed by atoms with Crippen molar-refractivity contribution >= 4 is 16.7 Å². The average Bonchev–Trinajstić information content (AvgIpc) is 2.30. The summed E-state index contributed by atoms with van der Waals surface area (Å²) in [5.41, 5.74) is 7.11. The van der Waals surface area contributed by atoms with Crippen LogP contribution in [-0.4, -0.2) is 22.6 Å². The van der Waals surface area contributed by atoms with Crippen LogP contribution in [0, 0.1) is 6.92 Å². The van der Waals surface area contributed by atoms with Crippen LogP contribution in [0.3, 0.4) is 0 Å². The predicted molar refractivity (Wildman–Crippen MR) is 65.9 cm³/mol. The second-order valence-corrected chi connectivity index (χ2v) is 4.00. The fourth-order valence-corrected chi connectivity index (χ4v) is 1.93. The number of carbonyl (C=O) groups is 1. The number of hydrogen-bond acceptors (Lipinski definition) is 3. The second kappa shape index (κ2) is 4.51. The zero-order valence-corrected chi connectivity index (χ0v) is 9.55. The van der Waals surface area contributed by atoms with E-state index in [1.165, 1.54) is 0 Å². The number of rotatable bonds is 3. The number of aryl methyl sites for hydroxylation is 1. The molecule has 0 radical (unpaired) electrons. The number of pyridine rings is 1. The first-order valence-electron chi connectivity index (χ1n) is 5.41. The summed E-state index contributed by atoms with van der Waals surface area (Å²) in [6, 6.07) is 7.49. The van der Waals surface area contributed by atoms with E-state index in [1.54, 1.807) is 6.20 Å². The smallest absolute Gasteiger partial charge is 0.312 e. The Bertz CT molecular complexity index is 566. The summed E-state index contributed by atoms with van der Waals surface area (Å²) in [5.74, 6) is -1.55. The third-order valence-corrected chi connectivity index (χ3v) is 2.93. The maximum absolute atomic E-state index is 11.1. The van der Waals surface area contributed by atoms with Crippen molar-refractivity contribution in [2.24, 2.45) is 5.73 Å². The normalized spacial score (nSPS) is 12.6. The lowest BCUT2D eigenvalue weighted by Gasteiger charge is -2.11. The SMILES string of the molecule is Cc1nccc2ccc(C(CN)C(=O)O)cc12. The van der Waals surface area contributed by atoms with Crippen molar-refractivity contribution in [3.05, 3.63) is 41.7 Å². The maximum Gasteiger partial charge on any atom is 0.312 e. The zero-order valence-electron chi connectivity index (χ0n) is 9.55. The summed E-state index contributed by atoms with van der Waals surface area (Å²) < 4.78 is 0. The van der Waals surface area contributed by atoms with Crippen LogP contribution in [0.5, 0.6) is 0 Å². The lowest BCUT2D eigenvalue weighted by atomic mass is 9.96. The van der Waals surface area contributed by atoms with E-state index < -0.39 is 11.9 Å². The Morgan fingerprint density at radius 1 is 1.47 bits per heavy atom. The zero-order chi connectivity index (χ0) is 12.4. The fourth-order valence-electron chi connectivity index (χ4n) is 1.93. The van der Waals surface area contributed by atoms with E-state index in [9.17, 15) is 4.79 Å². The van der Waals surface area contributed by atoms with Crippen molar-refractivity contribution in [1.82, 2.24) is 4.98 Å². The quantitative estimate of drug-likeness (QED) is 0.840. The van der Waals surface area contributed by atoms with Gasteiger partial charge in [0.25, 0.3) is 0 Å². The van der Waals surface area contributed by atoms with Crippen LogP contribution in [0.15, 0.2) is 30.5 Å². The molecule has 0 saturated heterocycles. The maximum atomic E-state index is 11.1. The van der Waals surface area contributed by atoms with Gasteiger partial charge in [-0.15, -0.1) is 0 Å². The third kappa shape index (κ3) is 2.12. The Hall–Kier alpha value is -1.94. The Balaban J connectivity index is 2.57. The Morgan fingerprint density at radius 2 is 2.24 bits per heavy atom. The van der Waals surface area contributed by atoms with Gasteiger partial charge in [-0.1, -0.05) is 12.1 Å².